The number of amides is 8. The molecular weight excluding hydrogens is 1290 g/mol. The van der Waals surface area contributed by atoms with Gasteiger partial charge in [-0.15, -0.1) is 0 Å². The Balaban J connectivity index is 0.560. The molecule has 1 aliphatic carbocycles. The molecule has 29 nitrogen and oxygen atoms in total. The lowest BCUT2D eigenvalue weighted by molar-refractivity contribution is -0.137. The van der Waals surface area contributed by atoms with Crippen molar-refractivity contribution in [2.75, 3.05) is 137 Å². The van der Waals surface area contributed by atoms with Crippen molar-refractivity contribution in [2.45, 2.75) is 89.9 Å². The molecule has 0 unspecified atom stereocenters. The molecule has 9 rings (SSSR count). The predicted octanol–water partition coefficient (Wildman–Crippen LogP) is 4.68. The lowest BCUT2D eigenvalue weighted by Crippen LogP contribution is -2.53. The molecular formula is C70H89N9O20. The van der Waals surface area contributed by atoms with Crippen LogP contribution in [0.5, 0.6) is 23.0 Å². The standard InChI is InChI=1S/C70H89N9O20/c1-45(2)66(76-63(83)14-19-90-21-23-92-25-27-94-29-31-96-33-34-97-32-30-95-28-26-93-24-22-91-20-15-71-62(82)13-16-77-64(84)11-12-65(77)85)68(87)74-46(3)67(86)75-51-9-7-48(8-10-51)50-36-53-42-73-57-40-61(59(81)38-55(57)70(89)79(53)44-50)99-18-4-17-98-60-39-56-54(37-58(60)80)69(88)78-43-49(47-5-6-47)35-52(78)41-72-56/h7-12,37-47,52-53,66,80-81H,4-6,13-36H2,1-3H3,(H,71,82)(H,74,87)(H,75,86)(H,76,83)/t46-,52-,53-,66-/m0/s1. The number of phenolic OH excluding ortho intramolecular Hbond substituents is 2. The number of imide groups is 1. The molecule has 1 fully saturated rings. The molecule has 99 heavy (non-hydrogen) atoms. The van der Waals surface area contributed by atoms with E-state index in [-0.39, 0.29) is 110 Å². The van der Waals surface area contributed by atoms with Crippen LogP contribution in [0.4, 0.5) is 17.1 Å². The quantitative estimate of drug-likeness (QED) is 0.0330. The molecule has 1 saturated carbocycles. The van der Waals surface area contributed by atoms with E-state index in [9.17, 15) is 48.6 Å². The second kappa shape index (κ2) is 37.9. The molecule has 0 spiro atoms. The second-order valence-electron chi connectivity index (χ2n) is 24.4. The van der Waals surface area contributed by atoms with Gasteiger partial charge in [0.15, 0.2) is 23.0 Å². The number of carbonyl (C=O) groups excluding carboxylic acids is 8. The minimum absolute atomic E-state index is 0.00774. The van der Waals surface area contributed by atoms with Gasteiger partial charge in [0.25, 0.3) is 23.6 Å². The van der Waals surface area contributed by atoms with Crippen LogP contribution in [0.15, 0.2) is 88.6 Å². The van der Waals surface area contributed by atoms with Crippen LogP contribution in [0.1, 0.15) is 92.0 Å². The van der Waals surface area contributed by atoms with E-state index in [1.54, 1.807) is 67.4 Å². The Labute approximate surface area is 574 Å². The molecule has 534 valence electrons. The third-order valence-electron chi connectivity index (χ3n) is 16.6. The van der Waals surface area contributed by atoms with Gasteiger partial charge in [0, 0.05) is 93.6 Å². The third kappa shape index (κ3) is 22.3. The molecule has 0 radical (unpaired) electrons. The average molecular weight is 1380 g/mol. The Morgan fingerprint density at radius 2 is 1.04 bits per heavy atom. The molecule has 6 aliphatic rings. The molecule has 5 aliphatic heterocycles. The molecule has 6 N–H and O–H groups in total. The number of carbonyl (C=O) groups is 8. The first-order chi connectivity index (χ1) is 48.0. The summed E-state index contributed by atoms with van der Waals surface area (Å²) < 4.78 is 55.8. The van der Waals surface area contributed by atoms with Crippen molar-refractivity contribution in [3.05, 3.63) is 95.3 Å². The van der Waals surface area contributed by atoms with Crippen LogP contribution in [-0.2, 0) is 66.7 Å². The monoisotopic (exact) mass is 1380 g/mol. The van der Waals surface area contributed by atoms with E-state index < -0.39 is 41.8 Å². The van der Waals surface area contributed by atoms with Gasteiger partial charge in [0.05, 0.1) is 154 Å². The van der Waals surface area contributed by atoms with Gasteiger partial charge in [-0.3, -0.25) is 53.2 Å². The van der Waals surface area contributed by atoms with Crippen LogP contribution in [0, 0.1) is 11.8 Å². The fourth-order valence-electron chi connectivity index (χ4n) is 11.0. The lowest BCUT2D eigenvalue weighted by atomic mass is 10.0. The summed E-state index contributed by atoms with van der Waals surface area (Å²) in [5.74, 6) is -2.89. The van der Waals surface area contributed by atoms with Gasteiger partial charge < -0.3 is 88.6 Å². The second-order valence-corrected chi connectivity index (χ2v) is 24.4. The average Bonchev–Trinajstić information content (AvgIpc) is 1.66. The van der Waals surface area contributed by atoms with Crippen molar-refractivity contribution in [1.29, 1.82) is 0 Å². The minimum atomic E-state index is -0.950. The number of hydrogen-bond donors (Lipinski definition) is 6. The molecule has 0 saturated heterocycles. The highest BCUT2D eigenvalue weighted by molar-refractivity contribution is 6.13. The smallest absolute Gasteiger partial charge is 0.260 e. The highest BCUT2D eigenvalue weighted by atomic mass is 16.6. The SMILES string of the molecule is CC(C)[C@H](NC(=O)CCOCCOCCOCCOCCOCCOCCOCCOCCNC(=O)CCN1C(=O)C=CC1=O)C(=O)N[C@@H](C)C(=O)Nc1ccc(C2=CN3C(=O)c4cc(O)c(OCCCOc5cc6c(cc5O)C(=O)N5C=C(C7CC7)C[C@H]5C=N6)cc4N=C[C@@H]3C2)cc1. The summed E-state index contributed by atoms with van der Waals surface area (Å²) in [6.07, 6.45) is 13.4. The summed E-state index contributed by atoms with van der Waals surface area (Å²) >= 11 is 0. The van der Waals surface area contributed by atoms with E-state index in [0.717, 1.165) is 35.3 Å². The zero-order valence-electron chi connectivity index (χ0n) is 56.1. The molecule has 4 atom stereocenters. The van der Waals surface area contributed by atoms with Crippen molar-refractivity contribution in [3.8, 4) is 23.0 Å². The van der Waals surface area contributed by atoms with Crippen LogP contribution in [0.2, 0.25) is 0 Å². The Bertz CT molecular complexity index is 3460. The van der Waals surface area contributed by atoms with Crippen LogP contribution in [0.3, 0.4) is 0 Å². The number of anilines is 1. The van der Waals surface area contributed by atoms with E-state index in [0.29, 0.717) is 140 Å². The Hall–Kier alpha value is -8.94. The number of aliphatic imine (C=N–C) groups is 2. The molecule has 8 amide bonds. The third-order valence-corrected chi connectivity index (χ3v) is 16.6. The Morgan fingerprint density at radius 1 is 0.556 bits per heavy atom. The summed E-state index contributed by atoms with van der Waals surface area (Å²) in [7, 11) is 0. The Kier molecular flexibility index (Phi) is 28.4. The first kappa shape index (κ1) is 74.3. The maximum absolute atomic E-state index is 13.9. The topological polar surface area (TPSA) is 352 Å². The van der Waals surface area contributed by atoms with Gasteiger partial charge in [-0.25, -0.2) is 0 Å². The fraction of sp³-hybridized carbons (Fsp3) is 0.514. The maximum Gasteiger partial charge on any atom is 0.260 e. The number of hydrogen-bond acceptors (Lipinski definition) is 22. The van der Waals surface area contributed by atoms with E-state index in [2.05, 4.69) is 31.3 Å². The normalized spacial score (nSPS) is 17.4. The zero-order valence-corrected chi connectivity index (χ0v) is 56.1. The van der Waals surface area contributed by atoms with E-state index >= 15 is 0 Å². The van der Waals surface area contributed by atoms with Gasteiger partial charge in [-0.1, -0.05) is 26.0 Å². The highest BCUT2D eigenvalue weighted by Crippen LogP contribution is 2.45. The Morgan fingerprint density at radius 3 is 1.55 bits per heavy atom. The van der Waals surface area contributed by atoms with Crippen molar-refractivity contribution in [1.82, 2.24) is 30.7 Å². The first-order valence-electron chi connectivity index (χ1n) is 33.6. The summed E-state index contributed by atoms with van der Waals surface area (Å²) in [5, 5.41) is 32.8. The van der Waals surface area contributed by atoms with Crippen LogP contribution < -0.4 is 30.7 Å². The highest BCUT2D eigenvalue weighted by Gasteiger charge is 2.39. The zero-order chi connectivity index (χ0) is 70.0. The van der Waals surface area contributed by atoms with Crippen molar-refractivity contribution in [2.24, 2.45) is 21.8 Å². The van der Waals surface area contributed by atoms with Gasteiger partial charge in [-0.2, -0.15) is 0 Å². The molecule has 0 aromatic heterocycles. The van der Waals surface area contributed by atoms with E-state index in [4.69, 9.17) is 47.4 Å². The van der Waals surface area contributed by atoms with Gasteiger partial charge in [-0.05, 0) is 79.0 Å². The van der Waals surface area contributed by atoms with Gasteiger partial charge in [0.1, 0.15) is 12.1 Å². The van der Waals surface area contributed by atoms with Crippen LogP contribution in [0.25, 0.3) is 5.57 Å². The van der Waals surface area contributed by atoms with Crippen molar-refractivity contribution >= 4 is 82.3 Å². The van der Waals surface area contributed by atoms with Crippen molar-refractivity contribution in [3.63, 3.8) is 0 Å². The number of fused-ring (bicyclic) bond motifs is 4. The number of ether oxygens (including phenoxy) is 10. The molecule has 3 aromatic rings. The summed E-state index contributed by atoms with van der Waals surface area (Å²) in [4.78, 5) is 115. The minimum Gasteiger partial charge on any atom is -0.504 e. The number of aromatic hydroxyl groups is 2. The van der Waals surface area contributed by atoms with E-state index in [1.165, 1.54) is 35.9 Å². The fourth-order valence-corrected chi connectivity index (χ4v) is 11.0. The van der Waals surface area contributed by atoms with Crippen molar-refractivity contribution < 1.29 is 95.9 Å². The van der Waals surface area contributed by atoms with Gasteiger partial charge >= 0.3 is 0 Å². The maximum atomic E-state index is 13.9. The van der Waals surface area contributed by atoms with Crippen LogP contribution >= 0.6 is 0 Å². The first-order valence-corrected chi connectivity index (χ1v) is 33.6. The molecule has 0 bridgehead atoms. The number of rotatable bonds is 44. The number of phenols is 2. The summed E-state index contributed by atoms with van der Waals surface area (Å²) in [6.45, 7) is 11.3. The lowest BCUT2D eigenvalue weighted by Gasteiger charge is -2.24. The molecule has 3 aromatic carbocycles. The molecule has 5 heterocycles. The van der Waals surface area contributed by atoms with Gasteiger partial charge in [0.2, 0.25) is 23.6 Å². The summed E-state index contributed by atoms with van der Waals surface area (Å²) in [6, 6.07) is 10.5. The van der Waals surface area contributed by atoms with Crippen LogP contribution in [-0.4, -0.2) is 241 Å². The number of nitrogens with one attached hydrogen (secondary N) is 4. The van der Waals surface area contributed by atoms with E-state index in [1.807, 2.05) is 18.3 Å². The molecule has 29 heteroatoms. The predicted molar refractivity (Wildman–Crippen MR) is 360 cm³/mol. The summed E-state index contributed by atoms with van der Waals surface area (Å²) in [5.41, 5.74) is 4.66. The number of nitrogens with zero attached hydrogens (tertiary/aromatic N) is 5. The number of benzene rings is 3. The largest absolute Gasteiger partial charge is 0.504 e.